The van der Waals surface area contributed by atoms with Crippen molar-refractivity contribution in [3.8, 4) is 0 Å². The Bertz CT molecular complexity index is 537. The molecule has 2 atom stereocenters. The average Bonchev–Trinajstić information content (AvgIpc) is 3.14. The Morgan fingerprint density at radius 2 is 1.25 bits per heavy atom. The molecule has 0 radical (unpaired) electrons. The Morgan fingerprint density at radius 3 is 1.62 bits per heavy atom. The molecular formula is C26H48O5Sn. The number of carbonyl (C=O) groups is 3. The summed E-state index contributed by atoms with van der Waals surface area (Å²) in [5.41, 5.74) is -1.23. The summed E-state index contributed by atoms with van der Waals surface area (Å²) in [7, 11) is 0. The standard InChI is InChI=1S/C14H21O5.3C4H9.Sn/c1-4-18-12(16)14(13(17)19-5-2)8-10(3)11(9-14)6-7-15;3*1-3-4-2;/h7,10-11H,3-6,8-9H2,1-2H3;3*1,3-4H2,2H3;/t10-,11+;;;;/m0..../s1. The third-order valence-corrected chi connectivity index (χ3v) is 23.6. The van der Waals surface area contributed by atoms with Gasteiger partial charge in [-0.2, -0.15) is 0 Å². The molecule has 1 aliphatic rings. The van der Waals surface area contributed by atoms with Crippen molar-refractivity contribution in [3.63, 3.8) is 0 Å². The van der Waals surface area contributed by atoms with Crippen molar-refractivity contribution in [2.45, 2.75) is 110 Å². The summed E-state index contributed by atoms with van der Waals surface area (Å²) in [4.78, 5) is 37.7. The molecule has 0 saturated heterocycles. The summed E-state index contributed by atoms with van der Waals surface area (Å²) in [6.45, 7) is 10.8. The maximum absolute atomic E-state index is 13.1. The Morgan fingerprint density at radius 1 is 0.812 bits per heavy atom. The van der Waals surface area contributed by atoms with Gasteiger partial charge >= 0.3 is 201 Å². The van der Waals surface area contributed by atoms with Gasteiger partial charge in [-0.05, 0) is 0 Å². The maximum atomic E-state index is 13.1. The second kappa shape index (κ2) is 15.3. The molecule has 5 nitrogen and oxygen atoms in total. The molecule has 1 aliphatic carbocycles. The predicted octanol–water partition coefficient (Wildman–Crippen LogP) is 6.56. The number of rotatable bonds is 17. The minimum atomic E-state index is -2.50. The molecule has 0 aliphatic heterocycles. The van der Waals surface area contributed by atoms with E-state index in [1.165, 1.54) is 56.3 Å². The van der Waals surface area contributed by atoms with E-state index >= 15 is 0 Å². The van der Waals surface area contributed by atoms with Crippen molar-refractivity contribution in [1.82, 2.24) is 0 Å². The summed E-state index contributed by atoms with van der Waals surface area (Å²) in [6, 6.07) is 0. The van der Waals surface area contributed by atoms with Gasteiger partial charge in [-0.1, -0.05) is 0 Å². The first-order valence-electron chi connectivity index (χ1n) is 13.2. The van der Waals surface area contributed by atoms with Crippen LogP contribution < -0.4 is 0 Å². The fourth-order valence-electron chi connectivity index (χ4n) is 5.80. The molecule has 0 bridgehead atoms. The molecule has 0 unspecified atom stereocenters. The van der Waals surface area contributed by atoms with E-state index < -0.39 is 35.7 Å². The molecule has 0 heterocycles. The molecule has 0 spiro atoms. The molecule has 0 aromatic carbocycles. The topological polar surface area (TPSA) is 69.7 Å². The van der Waals surface area contributed by atoms with E-state index in [2.05, 4.69) is 20.8 Å². The van der Waals surface area contributed by atoms with E-state index in [1.807, 2.05) is 0 Å². The van der Waals surface area contributed by atoms with E-state index in [0.29, 0.717) is 19.3 Å². The fourth-order valence-corrected chi connectivity index (χ4v) is 23.7. The molecule has 32 heavy (non-hydrogen) atoms. The third kappa shape index (κ3) is 8.02. The zero-order valence-electron chi connectivity index (χ0n) is 21.4. The van der Waals surface area contributed by atoms with Crippen LogP contribution in [0.5, 0.6) is 0 Å². The van der Waals surface area contributed by atoms with Crippen LogP contribution in [0.3, 0.4) is 0 Å². The van der Waals surface area contributed by atoms with Gasteiger partial charge in [0.05, 0.1) is 0 Å². The van der Waals surface area contributed by atoms with E-state index in [4.69, 9.17) is 9.47 Å². The molecule has 0 aromatic rings. The van der Waals surface area contributed by atoms with E-state index in [0.717, 1.165) is 6.29 Å². The fraction of sp³-hybridized carbons (Fsp3) is 0.885. The third-order valence-electron chi connectivity index (χ3n) is 7.50. The first-order chi connectivity index (χ1) is 15.4. The van der Waals surface area contributed by atoms with Crippen molar-refractivity contribution in [2.75, 3.05) is 13.2 Å². The SMILES string of the molecule is CCC[CH2][Sn]([CH2]CCC)([CH2]CCC)[CH2][C@H]1CC(C(=O)OCC)(C(=O)OCC)C[C@H]1CC=O. The monoisotopic (exact) mass is 560 g/mol. The Labute approximate surface area is 200 Å². The van der Waals surface area contributed by atoms with Crippen molar-refractivity contribution < 1.29 is 23.9 Å². The van der Waals surface area contributed by atoms with Gasteiger partial charge in [-0.3, -0.25) is 0 Å². The van der Waals surface area contributed by atoms with Crippen LogP contribution >= 0.6 is 0 Å². The molecule has 186 valence electrons. The Hall–Kier alpha value is -0.591. The zero-order valence-corrected chi connectivity index (χ0v) is 24.2. The number of hydrogen-bond acceptors (Lipinski definition) is 5. The molecule has 1 saturated carbocycles. The van der Waals surface area contributed by atoms with Crippen LogP contribution in [0.4, 0.5) is 0 Å². The molecule has 1 rings (SSSR count). The minimum absolute atomic E-state index is 0.0715. The van der Waals surface area contributed by atoms with Gasteiger partial charge in [0, 0.05) is 0 Å². The first-order valence-corrected chi connectivity index (χ1v) is 21.2. The zero-order chi connectivity index (χ0) is 24.0. The quantitative estimate of drug-likeness (QED) is 0.0874. The van der Waals surface area contributed by atoms with Crippen molar-refractivity contribution >= 4 is 36.6 Å². The van der Waals surface area contributed by atoms with Gasteiger partial charge in [0.15, 0.2) is 0 Å². The summed E-state index contributed by atoms with van der Waals surface area (Å²) in [5.74, 6) is -0.584. The molecule has 0 N–H and O–H groups in total. The normalized spacial score (nSPS) is 20.2. The average molecular weight is 559 g/mol. The Kier molecular flexibility index (Phi) is 14.1. The summed E-state index contributed by atoms with van der Waals surface area (Å²) in [6.07, 6.45) is 9.80. The van der Waals surface area contributed by atoms with Gasteiger partial charge in [-0.15, -0.1) is 0 Å². The Balaban J connectivity index is 3.30. The van der Waals surface area contributed by atoms with Crippen LogP contribution in [-0.2, 0) is 23.9 Å². The van der Waals surface area contributed by atoms with E-state index in [1.54, 1.807) is 13.8 Å². The second-order valence-electron chi connectivity index (χ2n) is 9.87. The number of unbranched alkanes of at least 4 members (excludes halogenated alkanes) is 3. The number of carbonyl (C=O) groups excluding carboxylic acids is 3. The number of hydrogen-bond donors (Lipinski definition) is 0. The van der Waals surface area contributed by atoms with E-state index in [9.17, 15) is 14.4 Å². The molecule has 0 amide bonds. The van der Waals surface area contributed by atoms with Gasteiger partial charge < -0.3 is 0 Å². The van der Waals surface area contributed by atoms with Crippen LogP contribution in [0.15, 0.2) is 0 Å². The van der Waals surface area contributed by atoms with Gasteiger partial charge in [0.2, 0.25) is 0 Å². The number of esters is 2. The van der Waals surface area contributed by atoms with Crippen LogP contribution in [0.1, 0.15) is 92.4 Å². The second-order valence-corrected chi connectivity index (χ2v) is 23.9. The van der Waals surface area contributed by atoms with Crippen LogP contribution in [0.25, 0.3) is 0 Å². The van der Waals surface area contributed by atoms with Crippen molar-refractivity contribution in [3.05, 3.63) is 0 Å². The van der Waals surface area contributed by atoms with Gasteiger partial charge in [-0.25, -0.2) is 0 Å². The predicted molar refractivity (Wildman–Crippen MR) is 132 cm³/mol. The van der Waals surface area contributed by atoms with Crippen molar-refractivity contribution in [1.29, 1.82) is 0 Å². The van der Waals surface area contributed by atoms with Gasteiger partial charge in [0.25, 0.3) is 0 Å². The molecule has 6 heteroatoms. The number of ether oxygens (including phenoxy) is 2. The van der Waals surface area contributed by atoms with Crippen LogP contribution in [-0.4, -0.2) is 49.8 Å². The molecule has 1 fully saturated rings. The molecule has 0 aromatic heterocycles. The summed E-state index contributed by atoms with van der Waals surface area (Å²) < 4.78 is 16.1. The number of aldehydes is 1. The van der Waals surface area contributed by atoms with Gasteiger partial charge in [0.1, 0.15) is 0 Å². The van der Waals surface area contributed by atoms with E-state index in [-0.39, 0.29) is 25.0 Å². The van der Waals surface area contributed by atoms with Crippen LogP contribution in [0.2, 0.25) is 17.7 Å². The first kappa shape index (κ1) is 29.4. The van der Waals surface area contributed by atoms with Crippen molar-refractivity contribution in [2.24, 2.45) is 17.3 Å². The van der Waals surface area contributed by atoms with Crippen LogP contribution in [0, 0.1) is 17.3 Å². The molecular weight excluding hydrogens is 511 g/mol. The summed E-state index contributed by atoms with van der Waals surface area (Å²) in [5, 5.41) is 0. The summed E-state index contributed by atoms with van der Waals surface area (Å²) >= 11 is -2.50.